The third-order valence-corrected chi connectivity index (χ3v) is 5.02. The van der Waals surface area contributed by atoms with E-state index in [4.69, 9.17) is 4.42 Å². The van der Waals surface area contributed by atoms with Crippen LogP contribution >= 0.6 is 0 Å². The fraction of sp³-hybridized carbons (Fsp3) is 0.273. The molecule has 0 spiro atoms. The van der Waals surface area contributed by atoms with Crippen LogP contribution in [0, 0.1) is 11.3 Å². The molecule has 2 aromatic heterocycles. The zero-order chi connectivity index (χ0) is 17.8. The molecule has 1 aromatic carbocycles. The van der Waals surface area contributed by atoms with Gasteiger partial charge in [0.1, 0.15) is 11.5 Å². The highest BCUT2D eigenvalue weighted by atomic mass is 16.3. The lowest BCUT2D eigenvalue weighted by Crippen LogP contribution is -2.32. The van der Waals surface area contributed by atoms with Crippen LogP contribution in [0.3, 0.4) is 0 Å². The molecule has 4 nitrogen and oxygen atoms in total. The highest BCUT2D eigenvalue weighted by Crippen LogP contribution is 2.33. The summed E-state index contributed by atoms with van der Waals surface area (Å²) in [6, 6.07) is 18.3. The topological polar surface area (TPSA) is 53.1 Å². The summed E-state index contributed by atoms with van der Waals surface area (Å²) in [4.78, 5) is 6.76. The molecule has 3 heterocycles. The Kier molecular flexibility index (Phi) is 4.81. The molecule has 0 aliphatic carbocycles. The fourth-order valence-corrected chi connectivity index (χ4v) is 3.73. The molecule has 26 heavy (non-hydrogen) atoms. The van der Waals surface area contributed by atoms with E-state index in [0.29, 0.717) is 11.6 Å². The number of aromatic nitrogens is 1. The van der Waals surface area contributed by atoms with Gasteiger partial charge in [-0.3, -0.25) is 9.88 Å². The molecule has 0 radical (unpaired) electrons. The number of rotatable bonds is 4. The standard InChI is InChI=1S/C22H21N3O/c23-14-17-6-1-2-8-20(17)22-11-10-19(26-22)16-25-13-4-3-9-21(25)18-7-5-12-24-15-18/h1-2,5-8,10-12,15,21H,3-4,9,13,16H2. The summed E-state index contributed by atoms with van der Waals surface area (Å²) in [6.07, 6.45) is 7.40. The van der Waals surface area contributed by atoms with E-state index in [2.05, 4.69) is 22.0 Å². The van der Waals surface area contributed by atoms with E-state index < -0.39 is 0 Å². The van der Waals surface area contributed by atoms with E-state index in [1.165, 1.54) is 18.4 Å². The fourth-order valence-electron chi connectivity index (χ4n) is 3.73. The van der Waals surface area contributed by atoms with E-state index in [9.17, 15) is 5.26 Å². The van der Waals surface area contributed by atoms with E-state index in [0.717, 1.165) is 36.6 Å². The van der Waals surface area contributed by atoms with Gasteiger partial charge >= 0.3 is 0 Å². The number of likely N-dealkylation sites (tertiary alicyclic amines) is 1. The minimum atomic E-state index is 0.386. The SMILES string of the molecule is N#Cc1ccccc1-c1ccc(CN2CCCCC2c2cccnc2)o1. The van der Waals surface area contributed by atoms with Crippen molar-refractivity contribution in [3.63, 3.8) is 0 Å². The Hall–Kier alpha value is -2.90. The molecule has 1 saturated heterocycles. The number of pyridine rings is 1. The first-order valence-corrected chi connectivity index (χ1v) is 9.07. The molecule has 0 bridgehead atoms. The summed E-state index contributed by atoms with van der Waals surface area (Å²) in [5.74, 6) is 1.69. The maximum Gasteiger partial charge on any atom is 0.135 e. The van der Waals surface area contributed by atoms with E-state index in [1.807, 2.05) is 54.9 Å². The number of nitriles is 1. The van der Waals surface area contributed by atoms with Crippen LogP contribution in [0.4, 0.5) is 0 Å². The Balaban J connectivity index is 1.55. The van der Waals surface area contributed by atoms with Crippen molar-refractivity contribution in [3.8, 4) is 17.4 Å². The van der Waals surface area contributed by atoms with Crippen LogP contribution < -0.4 is 0 Å². The second-order valence-electron chi connectivity index (χ2n) is 6.69. The molecule has 4 heteroatoms. The van der Waals surface area contributed by atoms with Crippen molar-refractivity contribution < 1.29 is 4.42 Å². The Morgan fingerprint density at radius 3 is 2.88 bits per heavy atom. The first-order valence-electron chi connectivity index (χ1n) is 9.07. The second kappa shape index (κ2) is 7.55. The van der Waals surface area contributed by atoms with Crippen molar-refractivity contribution in [1.29, 1.82) is 5.26 Å². The van der Waals surface area contributed by atoms with Gasteiger partial charge in [0.15, 0.2) is 0 Å². The highest BCUT2D eigenvalue weighted by Gasteiger charge is 2.25. The molecule has 0 N–H and O–H groups in total. The van der Waals surface area contributed by atoms with E-state index in [1.54, 1.807) is 0 Å². The van der Waals surface area contributed by atoms with Gasteiger partial charge in [-0.2, -0.15) is 5.26 Å². The molecule has 1 atom stereocenters. The summed E-state index contributed by atoms with van der Waals surface area (Å²) in [5.41, 5.74) is 2.76. The molecule has 0 amide bonds. The summed E-state index contributed by atoms with van der Waals surface area (Å²) in [5, 5.41) is 9.30. The average molecular weight is 343 g/mol. The maximum atomic E-state index is 9.30. The Labute approximate surface area is 153 Å². The third-order valence-electron chi connectivity index (χ3n) is 5.02. The van der Waals surface area contributed by atoms with Crippen molar-refractivity contribution in [2.75, 3.05) is 6.54 Å². The lowest BCUT2D eigenvalue weighted by molar-refractivity contribution is 0.130. The van der Waals surface area contributed by atoms with Gasteiger partial charge in [0.25, 0.3) is 0 Å². The monoisotopic (exact) mass is 343 g/mol. The van der Waals surface area contributed by atoms with Gasteiger partial charge in [-0.05, 0) is 55.3 Å². The number of benzene rings is 1. The quantitative estimate of drug-likeness (QED) is 0.673. The summed E-state index contributed by atoms with van der Waals surface area (Å²) in [6.45, 7) is 1.83. The van der Waals surface area contributed by atoms with Crippen LogP contribution in [0.25, 0.3) is 11.3 Å². The first kappa shape index (κ1) is 16.6. The number of nitrogens with zero attached hydrogens (tertiary/aromatic N) is 3. The van der Waals surface area contributed by atoms with Gasteiger partial charge in [-0.25, -0.2) is 0 Å². The van der Waals surface area contributed by atoms with Crippen LogP contribution in [0.1, 0.15) is 42.2 Å². The number of hydrogen-bond donors (Lipinski definition) is 0. The normalized spacial score (nSPS) is 17.7. The third kappa shape index (κ3) is 3.40. The first-order chi connectivity index (χ1) is 12.8. The van der Waals surface area contributed by atoms with E-state index in [-0.39, 0.29) is 0 Å². The molecule has 1 unspecified atom stereocenters. The number of piperidine rings is 1. The Morgan fingerprint density at radius 1 is 1.12 bits per heavy atom. The second-order valence-corrected chi connectivity index (χ2v) is 6.69. The summed E-state index contributed by atoms with van der Waals surface area (Å²) in [7, 11) is 0. The van der Waals surface area contributed by atoms with Gasteiger partial charge in [0.2, 0.25) is 0 Å². The summed E-state index contributed by atoms with van der Waals surface area (Å²) >= 11 is 0. The van der Waals surface area contributed by atoms with Gasteiger partial charge < -0.3 is 4.42 Å². The lowest BCUT2D eigenvalue weighted by Gasteiger charge is -2.35. The van der Waals surface area contributed by atoms with Gasteiger partial charge in [0.05, 0.1) is 18.2 Å². The minimum Gasteiger partial charge on any atom is -0.460 e. The molecule has 1 fully saturated rings. The average Bonchev–Trinajstić information content (AvgIpc) is 3.17. The van der Waals surface area contributed by atoms with Crippen LogP contribution in [0.5, 0.6) is 0 Å². The molecule has 1 aliphatic rings. The van der Waals surface area contributed by atoms with Crippen molar-refractivity contribution in [3.05, 3.63) is 77.8 Å². The predicted molar refractivity (Wildman–Crippen MR) is 100 cm³/mol. The lowest BCUT2D eigenvalue weighted by atomic mass is 9.96. The van der Waals surface area contributed by atoms with Gasteiger partial charge in [-0.1, -0.05) is 24.6 Å². The zero-order valence-corrected chi connectivity index (χ0v) is 14.6. The zero-order valence-electron chi connectivity index (χ0n) is 14.6. The van der Waals surface area contributed by atoms with Crippen molar-refractivity contribution in [2.45, 2.75) is 31.8 Å². The Morgan fingerprint density at radius 2 is 2.04 bits per heavy atom. The minimum absolute atomic E-state index is 0.386. The highest BCUT2D eigenvalue weighted by molar-refractivity contribution is 5.66. The van der Waals surface area contributed by atoms with Crippen LogP contribution in [-0.4, -0.2) is 16.4 Å². The van der Waals surface area contributed by atoms with E-state index >= 15 is 0 Å². The van der Waals surface area contributed by atoms with Gasteiger partial charge in [-0.15, -0.1) is 0 Å². The van der Waals surface area contributed by atoms with Crippen molar-refractivity contribution in [2.24, 2.45) is 0 Å². The van der Waals surface area contributed by atoms with Gasteiger partial charge in [0, 0.05) is 24.0 Å². The van der Waals surface area contributed by atoms with Crippen LogP contribution in [0.15, 0.2) is 65.3 Å². The number of furan rings is 1. The molecular weight excluding hydrogens is 322 g/mol. The van der Waals surface area contributed by atoms with Crippen LogP contribution in [-0.2, 0) is 6.54 Å². The number of hydrogen-bond acceptors (Lipinski definition) is 4. The van der Waals surface area contributed by atoms with Crippen molar-refractivity contribution in [1.82, 2.24) is 9.88 Å². The van der Waals surface area contributed by atoms with Crippen molar-refractivity contribution >= 4 is 0 Å². The Bertz CT molecular complexity index is 910. The molecule has 3 aromatic rings. The molecular formula is C22H21N3O. The maximum absolute atomic E-state index is 9.30. The molecule has 0 saturated carbocycles. The molecule has 130 valence electrons. The summed E-state index contributed by atoms with van der Waals surface area (Å²) < 4.78 is 6.09. The molecule has 1 aliphatic heterocycles. The van der Waals surface area contributed by atoms with Crippen LogP contribution in [0.2, 0.25) is 0 Å². The smallest absolute Gasteiger partial charge is 0.135 e. The molecule has 4 rings (SSSR count). The largest absolute Gasteiger partial charge is 0.460 e. The predicted octanol–water partition coefficient (Wildman–Crippen LogP) is 4.94.